The number of carbonyl (C=O) groups excluding carboxylic acids is 1. The summed E-state index contributed by atoms with van der Waals surface area (Å²) < 4.78 is 27.0. The number of nitrogens with zero attached hydrogens (tertiary/aromatic N) is 3. The van der Waals surface area contributed by atoms with E-state index in [0.717, 1.165) is 0 Å². The van der Waals surface area contributed by atoms with Gasteiger partial charge < -0.3 is 4.90 Å². The number of rotatable bonds is 3. The average molecular weight is 326 g/mol. The lowest BCUT2D eigenvalue weighted by Crippen LogP contribution is -2.37. The van der Waals surface area contributed by atoms with E-state index < -0.39 is 10.0 Å². The first-order valence-corrected chi connectivity index (χ1v) is 8.75. The van der Waals surface area contributed by atoms with Crippen molar-refractivity contribution >= 4 is 15.9 Å². The highest BCUT2D eigenvalue weighted by atomic mass is 32.2. The van der Waals surface area contributed by atoms with Crippen LogP contribution in [0.4, 0.5) is 0 Å². The first-order chi connectivity index (χ1) is 10.4. The minimum absolute atomic E-state index is 0.0718. The zero-order valence-electron chi connectivity index (χ0n) is 13.2. The van der Waals surface area contributed by atoms with E-state index in [1.54, 1.807) is 31.7 Å². The third-order valence-corrected chi connectivity index (χ3v) is 5.90. The van der Waals surface area contributed by atoms with Crippen LogP contribution >= 0.6 is 0 Å². The van der Waals surface area contributed by atoms with Gasteiger partial charge in [0.1, 0.15) is 4.90 Å². The lowest BCUT2D eigenvalue weighted by molar-refractivity contribution is -0.125. The predicted octanol–water partition coefficient (Wildman–Crippen LogP) is 0.826. The smallest absolute Gasteiger partial charge is 0.246 e. The Morgan fingerprint density at radius 1 is 1.23 bits per heavy atom. The SMILES string of the molecule is C/C=C/C(=O)N1CCCN(S(=O)(=O)c2c(C)n[nH]c2C)CC1. The van der Waals surface area contributed by atoms with Crippen LogP contribution in [0.3, 0.4) is 0 Å². The van der Waals surface area contributed by atoms with Crippen LogP contribution in [-0.2, 0) is 14.8 Å². The molecule has 1 amide bonds. The number of H-pyrrole nitrogens is 1. The maximum absolute atomic E-state index is 12.8. The number of aryl methyl sites for hydroxylation is 2. The number of hydrogen-bond donors (Lipinski definition) is 1. The number of amides is 1. The molecule has 7 nitrogen and oxygen atoms in total. The van der Waals surface area contributed by atoms with Crippen molar-refractivity contribution < 1.29 is 13.2 Å². The molecule has 0 atom stereocenters. The number of nitrogens with one attached hydrogen (secondary N) is 1. The normalized spacial score (nSPS) is 17.9. The second-order valence-electron chi connectivity index (χ2n) is 5.35. The van der Waals surface area contributed by atoms with E-state index in [0.29, 0.717) is 44.0 Å². The maximum atomic E-state index is 12.8. The minimum Gasteiger partial charge on any atom is -0.338 e. The zero-order chi connectivity index (χ0) is 16.3. The van der Waals surface area contributed by atoms with Gasteiger partial charge >= 0.3 is 0 Å². The second-order valence-corrected chi connectivity index (χ2v) is 7.22. The molecule has 2 heterocycles. The number of aromatic amines is 1. The summed E-state index contributed by atoms with van der Waals surface area (Å²) >= 11 is 0. The van der Waals surface area contributed by atoms with Crippen molar-refractivity contribution in [3.63, 3.8) is 0 Å². The summed E-state index contributed by atoms with van der Waals surface area (Å²) in [4.78, 5) is 13.8. The highest BCUT2D eigenvalue weighted by molar-refractivity contribution is 7.89. The number of allylic oxidation sites excluding steroid dienone is 1. The summed E-state index contributed by atoms with van der Waals surface area (Å²) in [5, 5.41) is 6.68. The third-order valence-electron chi connectivity index (χ3n) is 3.73. The van der Waals surface area contributed by atoms with E-state index in [-0.39, 0.29) is 10.8 Å². The van der Waals surface area contributed by atoms with E-state index in [4.69, 9.17) is 0 Å². The van der Waals surface area contributed by atoms with Crippen molar-refractivity contribution in [2.45, 2.75) is 32.1 Å². The van der Waals surface area contributed by atoms with Gasteiger partial charge in [-0.25, -0.2) is 8.42 Å². The minimum atomic E-state index is -3.58. The van der Waals surface area contributed by atoms with Crippen molar-refractivity contribution in [3.05, 3.63) is 23.5 Å². The van der Waals surface area contributed by atoms with E-state index >= 15 is 0 Å². The monoisotopic (exact) mass is 326 g/mol. The Morgan fingerprint density at radius 3 is 2.55 bits per heavy atom. The van der Waals surface area contributed by atoms with Crippen molar-refractivity contribution in [1.82, 2.24) is 19.4 Å². The molecule has 0 saturated carbocycles. The Labute approximate surface area is 131 Å². The molecule has 0 spiro atoms. The standard InChI is InChI=1S/C14H22N4O3S/c1-4-6-13(19)17-7-5-8-18(10-9-17)22(20,21)14-11(2)15-16-12(14)3/h4,6H,5,7-10H2,1-3H3,(H,15,16)/b6-4+. The first-order valence-electron chi connectivity index (χ1n) is 7.31. The molecule has 1 fully saturated rings. The molecule has 1 N–H and O–H groups in total. The van der Waals surface area contributed by atoms with Crippen LogP contribution < -0.4 is 0 Å². The second kappa shape index (κ2) is 6.62. The van der Waals surface area contributed by atoms with E-state index in [1.165, 1.54) is 10.4 Å². The molecule has 0 aliphatic carbocycles. The Morgan fingerprint density at radius 2 is 1.95 bits per heavy atom. The molecule has 2 rings (SSSR count). The number of sulfonamides is 1. The largest absolute Gasteiger partial charge is 0.338 e. The summed E-state index contributed by atoms with van der Waals surface area (Å²) in [6, 6.07) is 0. The summed E-state index contributed by atoms with van der Waals surface area (Å²) in [5.41, 5.74) is 1.02. The Balaban J connectivity index is 2.19. The van der Waals surface area contributed by atoms with Gasteiger partial charge in [0.2, 0.25) is 15.9 Å². The molecule has 1 aliphatic heterocycles. The van der Waals surface area contributed by atoms with E-state index in [1.807, 2.05) is 0 Å². The fraction of sp³-hybridized carbons (Fsp3) is 0.571. The molecule has 0 unspecified atom stereocenters. The van der Waals surface area contributed by atoms with Crippen LogP contribution in [0.2, 0.25) is 0 Å². The van der Waals surface area contributed by atoms with E-state index in [9.17, 15) is 13.2 Å². The van der Waals surface area contributed by atoms with Gasteiger partial charge in [-0.1, -0.05) is 6.08 Å². The van der Waals surface area contributed by atoms with Crippen LogP contribution in [0.25, 0.3) is 0 Å². The average Bonchev–Trinajstić information content (AvgIpc) is 2.68. The Hall–Kier alpha value is -1.67. The highest BCUT2D eigenvalue weighted by Crippen LogP contribution is 2.22. The van der Waals surface area contributed by atoms with Crippen LogP contribution in [-0.4, -0.2) is 59.9 Å². The molecule has 8 heteroatoms. The van der Waals surface area contributed by atoms with Crippen LogP contribution in [0.15, 0.2) is 17.0 Å². The third kappa shape index (κ3) is 3.22. The zero-order valence-corrected chi connectivity index (χ0v) is 14.0. The molecular formula is C14H22N4O3S. The molecule has 1 aliphatic rings. The highest BCUT2D eigenvalue weighted by Gasteiger charge is 2.31. The van der Waals surface area contributed by atoms with Gasteiger partial charge in [0.25, 0.3) is 0 Å². The maximum Gasteiger partial charge on any atom is 0.246 e. The van der Waals surface area contributed by atoms with Crippen molar-refractivity contribution in [3.8, 4) is 0 Å². The van der Waals surface area contributed by atoms with Gasteiger partial charge in [0.15, 0.2) is 0 Å². The van der Waals surface area contributed by atoms with Crippen molar-refractivity contribution in [1.29, 1.82) is 0 Å². The van der Waals surface area contributed by atoms with Gasteiger partial charge in [-0.3, -0.25) is 9.89 Å². The van der Waals surface area contributed by atoms with Gasteiger partial charge in [-0.15, -0.1) is 0 Å². The molecule has 22 heavy (non-hydrogen) atoms. The van der Waals surface area contributed by atoms with Gasteiger partial charge in [-0.05, 0) is 33.3 Å². The molecule has 1 aromatic rings. The van der Waals surface area contributed by atoms with Gasteiger partial charge in [0.05, 0.1) is 11.4 Å². The van der Waals surface area contributed by atoms with E-state index in [2.05, 4.69) is 10.2 Å². The van der Waals surface area contributed by atoms with Crippen LogP contribution in [0, 0.1) is 13.8 Å². The van der Waals surface area contributed by atoms with Crippen LogP contribution in [0.1, 0.15) is 24.7 Å². The summed E-state index contributed by atoms with van der Waals surface area (Å²) in [7, 11) is -3.58. The molecule has 0 radical (unpaired) electrons. The quantitative estimate of drug-likeness (QED) is 0.834. The summed E-state index contributed by atoms with van der Waals surface area (Å²) in [6.45, 7) is 6.85. The van der Waals surface area contributed by atoms with Crippen molar-refractivity contribution in [2.24, 2.45) is 0 Å². The number of aromatic nitrogens is 2. The molecule has 0 bridgehead atoms. The first kappa shape index (κ1) is 16.7. The molecule has 1 saturated heterocycles. The number of carbonyl (C=O) groups is 1. The molecule has 122 valence electrons. The van der Waals surface area contributed by atoms with Gasteiger partial charge in [0, 0.05) is 26.2 Å². The fourth-order valence-corrected chi connectivity index (χ4v) is 4.45. The van der Waals surface area contributed by atoms with Gasteiger partial charge in [-0.2, -0.15) is 9.40 Å². The summed E-state index contributed by atoms with van der Waals surface area (Å²) in [5.74, 6) is -0.0718. The molecule has 0 aromatic carbocycles. The van der Waals surface area contributed by atoms with Crippen LogP contribution in [0.5, 0.6) is 0 Å². The number of hydrogen-bond acceptors (Lipinski definition) is 4. The molecule has 1 aromatic heterocycles. The topological polar surface area (TPSA) is 86.4 Å². The lowest BCUT2D eigenvalue weighted by atomic mass is 10.3. The Bertz CT molecular complexity index is 659. The predicted molar refractivity (Wildman–Crippen MR) is 82.8 cm³/mol. The molecular weight excluding hydrogens is 304 g/mol. The lowest BCUT2D eigenvalue weighted by Gasteiger charge is -2.21. The van der Waals surface area contributed by atoms with Crippen molar-refractivity contribution in [2.75, 3.05) is 26.2 Å². The fourth-order valence-electron chi connectivity index (χ4n) is 2.65. The Kier molecular flexibility index (Phi) is 5.02. The summed E-state index contributed by atoms with van der Waals surface area (Å²) in [6.07, 6.45) is 3.83.